The predicted octanol–water partition coefficient (Wildman–Crippen LogP) is 6.64. The van der Waals surface area contributed by atoms with Gasteiger partial charge in [-0.3, -0.25) is 9.88 Å². The highest BCUT2D eigenvalue weighted by Crippen LogP contribution is 2.82. The first kappa shape index (κ1) is 21.5. The maximum Gasteiger partial charge on any atom is 0.0991 e. The quantitative estimate of drug-likeness (QED) is 0.330. The molecule has 176 valence electrons. The lowest BCUT2D eigenvalue weighted by Crippen LogP contribution is -2.47. The van der Waals surface area contributed by atoms with Crippen LogP contribution < -0.4 is 0 Å². The van der Waals surface area contributed by atoms with Crippen LogP contribution in [0.15, 0.2) is 109 Å². The van der Waals surface area contributed by atoms with Crippen molar-refractivity contribution in [1.82, 2.24) is 9.88 Å². The molecular weight excluding hydrogens is 438 g/mol. The molecule has 3 saturated carbocycles. The second kappa shape index (κ2) is 8.15. The van der Waals surface area contributed by atoms with Crippen LogP contribution in [0.3, 0.4) is 0 Å². The number of hydrogen-bond donors (Lipinski definition) is 0. The standard InChI is InChI=1S/C33H29N3/c34-18-24-13-15-28(16-14-24)32-22-33(23-32)29(30(32)26-9-3-1-4-10-26)21-36(20-25-8-7-17-35-19-25)31(33)27-11-5-2-6-12-27/h1-17,19,29-31H,20-23H2/t29-,30?,31-,32?,33?/m1/s1. The van der Waals surface area contributed by atoms with Gasteiger partial charge in [-0.05, 0) is 70.5 Å². The normalized spacial score (nSPS) is 30.4. The molecule has 4 aliphatic rings. The second-order valence-corrected chi connectivity index (χ2v) is 11.0. The van der Waals surface area contributed by atoms with Crippen LogP contribution in [-0.4, -0.2) is 16.4 Å². The van der Waals surface area contributed by atoms with E-state index in [1.165, 1.54) is 35.1 Å². The van der Waals surface area contributed by atoms with Gasteiger partial charge < -0.3 is 0 Å². The van der Waals surface area contributed by atoms with Crippen molar-refractivity contribution in [2.45, 2.75) is 36.8 Å². The number of benzene rings is 3. The minimum atomic E-state index is 0.132. The number of pyridine rings is 1. The van der Waals surface area contributed by atoms with Crippen LogP contribution in [0.5, 0.6) is 0 Å². The molecule has 4 fully saturated rings. The Morgan fingerprint density at radius 2 is 1.53 bits per heavy atom. The summed E-state index contributed by atoms with van der Waals surface area (Å²) in [4.78, 5) is 7.13. The first-order chi connectivity index (χ1) is 17.7. The Bertz CT molecular complexity index is 1400. The summed E-state index contributed by atoms with van der Waals surface area (Å²) in [5, 5.41) is 9.38. The predicted molar refractivity (Wildman–Crippen MR) is 141 cm³/mol. The molecule has 36 heavy (non-hydrogen) atoms. The van der Waals surface area contributed by atoms with Crippen molar-refractivity contribution in [2.75, 3.05) is 6.54 Å². The lowest BCUT2D eigenvalue weighted by atomic mass is 9.52. The van der Waals surface area contributed by atoms with Crippen LogP contribution in [0.25, 0.3) is 0 Å². The van der Waals surface area contributed by atoms with Crippen molar-refractivity contribution < 1.29 is 0 Å². The molecule has 2 bridgehead atoms. The van der Waals surface area contributed by atoms with Crippen LogP contribution in [0.4, 0.5) is 0 Å². The Balaban J connectivity index is 1.35. The summed E-state index contributed by atoms with van der Waals surface area (Å²) in [6.45, 7) is 2.02. The van der Waals surface area contributed by atoms with E-state index in [9.17, 15) is 5.26 Å². The van der Waals surface area contributed by atoms with Gasteiger partial charge in [0.1, 0.15) is 0 Å². The van der Waals surface area contributed by atoms with E-state index in [4.69, 9.17) is 0 Å². The summed E-state index contributed by atoms with van der Waals surface area (Å²) in [7, 11) is 0. The van der Waals surface area contributed by atoms with Gasteiger partial charge in [0.15, 0.2) is 0 Å². The van der Waals surface area contributed by atoms with Gasteiger partial charge in [-0.2, -0.15) is 5.26 Å². The van der Waals surface area contributed by atoms with Gasteiger partial charge >= 0.3 is 0 Å². The number of rotatable bonds is 5. The van der Waals surface area contributed by atoms with Crippen LogP contribution in [0.1, 0.15) is 52.6 Å². The maximum atomic E-state index is 9.38. The largest absolute Gasteiger partial charge is 0.291 e. The number of likely N-dealkylation sites (tertiary alicyclic amines) is 1. The fourth-order valence-electron chi connectivity index (χ4n) is 8.26. The number of aromatic nitrogens is 1. The second-order valence-electron chi connectivity index (χ2n) is 11.0. The molecule has 1 spiro atoms. The Kier molecular flexibility index (Phi) is 4.88. The third kappa shape index (κ3) is 3.04. The highest BCUT2D eigenvalue weighted by atomic mass is 15.2. The van der Waals surface area contributed by atoms with E-state index in [1.807, 2.05) is 30.6 Å². The summed E-state index contributed by atoms with van der Waals surface area (Å²) >= 11 is 0. The van der Waals surface area contributed by atoms with E-state index >= 15 is 0 Å². The Morgan fingerprint density at radius 3 is 2.17 bits per heavy atom. The molecule has 3 aromatic carbocycles. The molecule has 3 heteroatoms. The van der Waals surface area contributed by atoms with E-state index in [0.717, 1.165) is 18.7 Å². The van der Waals surface area contributed by atoms with Crippen molar-refractivity contribution >= 4 is 0 Å². The van der Waals surface area contributed by atoms with Crippen molar-refractivity contribution in [1.29, 1.82) is 5.26 Å². The Hall–Kier alpha value is -3.74. The SMILES string of the molecule is N#Cc1ccc(C23CC4(C2)[C@H](CN(Cc2cccnc2)[C@@H]4c2ccccc2)C3c2ccccc2)cc1. The molecule has 0 radical (unpaired) electrons. The Morgan fingerprint density at radius 1 is 0.833 bits per heavy atom. The van der Waals surface area contributed by atoms with Crippen molar-refractivity contribution in [3.8, 4) is 6.07 Å². The molecule has 1 aromatic heterocycles. The summed E-state index contributed by atoms with van der Waals surface area (Å²) in [6.07, 6.45) is 6.27. The van der Waals surface area contributed by atoms with Gasteiger partial charge in [-0.1, -0.05) is 78.9 Å². The van der Waals surface area contributed by atoms with Crippen molar-refractivity contribution in [3.63, 3.8) is 0 Å². The molecule has 3 atom stereocenters. The van der Waals surface area contributed by atoms with Crippen molar-refractivity contribution in [3.05, 3.63) is 137 Å². The smallest absolute Gasteiger partial charge is 0.0991 e. The van der Waals surface area contributed by atoms with Crippen LogP contribution in [0, 0.1) is 22.7 Å². The molecule has 8 rings (SSSR count). The molecule has 3 nitrogen and oxygen atoms in total. The third-order valence-corrected chi connectivity index (χ3v) is 9.34. The maximum absolute atomic E-state index is 9.38. The fourth-order valence-corrected chi connectivity index (χ4v) is 8.26. The zero-order valence-corrected chi connectivity index (χ0v) is 20.3. The number of nitrogens with zero attached hydrogens (tertiary/aromatic N) is 3. The van der Waals surface area contributed by atoms with Gasteiger partial charge in [-0.25, -0.2) is 0 Å². The molecule has 1 saturated heterocycles. The summed E-state index contributed by atoms with van der Waals surface area (Å²) < 4.78 is 0. The van der Waals surface area contributed by atoms with E-state index in [1.54, 1.807) is 0 Å². The first-order valence-electron chi connectivity index (χ1n) is 13.0. The summed E-state index contributed by atoms with van der Waals surface area (Å²) in [6, 6.07) is 37.8. The molecule has 2 heterocycles. The Labute approximate surface area is 213 Å². The van der Waals surface area contributed by atoms with Gasteiger partial charge in [-0.15, -0.1) is 0 Å². The molecule has 4 aromatic rings. The summed E-state index contributed by atoms with van der Waals surface area (Å²) in [5.74, 6) is 1.05. The van der Waals surface area contributed by atoms with Gasteiger partial charge in [0.2, 0.25) is 0 Å². The molecule has 1 unspecified atom stereocenters. The highest BCUT2D eigenvalue weighted by Gasteiger charge is 2.77. The molecule has 1 aliphatic heterocycles. The zero-order valence-electron chi connectivity index (χ0n) is 20.3. The molecule has 3 aliphatic carbocycles. The van der Waals surface area contributed by atoms with Crippen molar-refractivity contribution in [2.24, 2.45) is 11.3 Å². The lowest BCUT2D eigenvalue weighted by Gasteiger charge is -2.53. The average Bonchev–Trinajstić information content (AvgIpc) is 3.48. The van der Waals surface area contributed by atoms with E-state index in [0.29, 0.717) is 17.9 Å². The van der Waals surface area contributed by atoms with E-state index < -0.39 is 0 Å². The monoisotopic (exact) mass is 467 g/mol. The number of hydrogen-bond acceptors (Lipinski definition) is 3. The minimum absolute atomic E-state index is 0.132. The average molecular weight is 468 g/mol. The third-order valence-electron chi connectivity index (χ3n) is 9.34. The van der Waals surface area contributed by atoms with E-state index in [-0.39, 0.29) is 10.8 Å². The van der Waals surface area contributed by atoms with E-state index in [2.05, 4.69) is 94.8 Å². The van der Waals surface area contributed by atoms with Gasteiger partial charge in [0, 0.05) is 36.9 Å². The highest BCUT2D eigenvalue weighted by molar-refractivity contribution is 5.49. The molecule has 0 N–H and O–H groups in total. The molecule has 0 amide bonds. The van der Waals surface area contributed by atoms with Gasteiger partial charge in [0.25, 0.3) is 0 Å². The summed E-state index contributed by atoms with van der Waals surface area (Å²) in [5.41, 5.74) is 6.70. The minimum Gasteiger partial charge on any atom is -0.291 e. The first-order valence-corrected chi connectivity index (χ1v) is 13.0. The van der Waals surface area contributed by atoms with Crippen LogP contribution in [-0.2, 0) is 12.0 Å². The zero-order chi connectivity index (χ0) is 24.2. The van der Waals surface area contributed by atoms with Gasteiger partial charge in [0.05, 0.1) is 11.6 Å². The topological polar surface area (TPSA) is 39.9 Å². The number of nitriles is 1. The molecular formula is C33H29N3. The lowest BCUT2D eigenvalue weighted by molar-refractivity contribution is 0.0296. The van der Waals surface area contributed by atoms with Crippen LogP contribution >= 0.6 is 0 Å². The fraction of sp³-hybridized carbons (Fsp3) is 0.273. The van der Waals surface area contributed by atoms with Crippen LogP contribution in [0.2, 0.25) is 0 Å².